The highest BCUT2D eigenvalue weighted by Gasteiger charge is 2.32. The highest BCUT2D eigenvalue weighted by molar-refractivity contribution is 6.05. The van der Waals surface area contributed by atoms with Gasteiger partial charge < -0.3 is 16.3 Å². The van der Waals surface area contributed by atoms with Gasteiger partial charge in [0.1, 0.15) is 5.41 Å². The number of hydrogen-bond acceptors (Lipinski definition) is 3. The molecule has 0 unspecified atom stereocenters. The van der Waals surface area contributed by atoms with E-state index in [4.69, 9.17) is 10.9 Å². The molecule has 0 aromatic heterocycles. The van der Waals surface area contributed by atoms with Crippen LogP contribution in [0, 0.1) is 5.41 Å². The van der Waals surface area contributed by atoms with E-state index in [1.807, 2.05) is 30.3 Å². The summed E-state index contributed by atoms with van der Waals surface area (Å²) in [7, 11) is 0. The lowest BCUT2D eigenvalue weighted by atomic mass is 9.91. The monoisotopic (exact) mass is 235 g/mol. The lowest BCUT2D eigenvalue weighted by Crippen LogP contribution is -2.45. The first-order valence-electron chi connectivity index (χ1n) is 5.28. The number of carbonyl (C=O) groups excluding carboxylic acids is 1. The molecular formula is C12H17N3O2. The fourth-order valence-electron chi connectivity index (χ4n) is 1.24. The summed E-state index contributed by atoms with van der Waals surface area (Å²) in [6.07, 6.45) is 0. The molecule has 1 rings (SSSR count). The number of hydrogen-bond donors (Lipinski definition) is 3. The number of carbonyl (C=O) groups is 1. The van der Waals surface area contributed by atoms with E-state index in [9.17, 15) is 4.79 Å². The molecule has 17 heavy (non-hydrogen) atoms. The lowest BCUT2D eigenvalue weighted by molar-refractivity contribution is -0.126. The molecule has 0 fully saturated rings. The van der Waals surface area contributed by atoms with Crippen LogP contribution in [0.3, 0.4) is 0 Å². The maximum absolute atomic E-state index is 11.9. The maximum Gasteiger partial charge on any atom is 0.233 e. The van der Waals surface area contributed by atoms with Crippen LogP contribution in [0.2, 0.25) is 0 Å². The number of benzene rings is 1. The quantitative estimate of drug-likeness (QED) is 0.316. The van der Waals surface area contributed by atoms with E-state index in [1.54, 1.807) is 13.8 Å². The second-order valence-electron chi connectivity index (χ2n) is 4.28. The molecular weight excluding hydrogens is 218 g/mol. The Bertz CT molecular complexity index is 413. The van der Waals surface area contributed by atoms with Crippen LogP contribution in [0.25, 0.3) is 0 Å². The number of amidine groups is 1. The summed E-state index contributed by atoms with van der Waals surface area (Å²) in [5.41, 5.74) is 5.43. The van der Waals surface area contributed by atoms with Gasteiger partial charge in [-0.3, -0.25) is 4.79 Å². The van der Waals surface area contributed by atoms with Gasteiger partial charge in [0.2, 0.25) is 5.91 Å². The summed E-state index contributed by atoms with van der Waals surface area (Å²) < 4.78 is 0. The SMILES string of the molecule is CC(C)(C(=O)NCc1ccccc1)C(N)=NO. The highest BCUT2D eigenvalue weighted by Crippen LogP contribution is 2.15. The second-order valence-corrected chi connectivity index (χ2v) is 4.28. The minimum Gasteiger partial charge on any atom is -0.409 e. The lowest BCUT2D eigenvalue weighted by Gasteiger charge is -2.21. The molecule has 0 spiro atoms. The van der Waals surface area contributed by atoms with Crippen molar-refractivity contribution in [3.8, 4) is 0 Å². The Labute approximate surface area is 100 Å². The third-order valence-electron chi connectivity index (χ3n) is 2.61. The van der Waals surface area contributed by atoms with Crippen molar-refractivity contribution < 1.29 is 10.0 Å². The summed E-state index contributed by atoms with van der Waals surface area (Å²) in [5, 5.41) is 14.2. The van der Waals surface area contributed by atoms with Crippen LogP contribution in [-0.2, 0) is 11.3 Å². The van der Waals surface area contributed by atoms with Gasteiger partial charge in [-0.2, -0.15) is 0 Å². The van der Waals surface area contributed by atoms with E-state index < -0.39 is 5.41 Å². The molecule has 0 bridgehead atoms. The van der Waals surface area contributed by atoms with Crippen LogP contribution < -0.4 is 11.1 Å². The van der Waals surface area contributed by atoms with E-state index >= 15 is 0 Å². The van der Waals surface area contributed by atoms with E-state index in [0.29, 0.717) is 6.54 Å². The molecule has 1 aromatic rings. The number of oxime groups is 1. The van der Waals surface area contributed by atoms with Gasteiger partial charge in [-0.05, 0) is 19.4 Å². The molecule has 0 aliphatic rings. The molecule has 0 aliphatic carbocycles. The number of amides is 1. The van der Waals surface area contributed by atoms with Gasteiger partial charge in [0.05, 0.1) is 0 Å². The van der Waals surface area contributed by atoms with Crippen LogP contribution in [-0.4, -0.2) is 17.0 Å². The Morgan fingerprint density at radius 1 is 1.41 bits per heavy atom. The van der Waals surface area contributed by atoms with Crippen LogP contribution in [0.4, 0.5) is 0 Å². The first kappa shape index (κ1) is 13.0. The van der Waals surface area contributed by atoms with E-state index in [-0.39, 0.29) is 11.7 Å². The number of nitrogens with one attached hydrogen (secondary N) is 1. The predicted octanol–water partition coefficient (Wildman–Crippen LogP) is 1.08. The highest BCUT2D eigenvalue weighted by atomic mass is 16.4. The molecule has 0 heterocycles. The minimum absolute atomic E-state index is 0.108. The van der Waals surface area contributed by atoms with Crippen molar-refractivity contribution in [3.63, 3.8) is 0 Å². The van der Waals surface area contributed by atoms with Crippen LogP contribution in [0.1, 0.15) is 19.4 Å². The largest absolute Gasteiger partial charge is 0.409 e. The Hall–Kier alpha value is -2.04. The van der Waals surface area contributed by atoms with Crippen molar-refractivity contribution in [1.29, 1.82) is 0 Å². The maximum atomic E-state index is 11.9. The van der Waals surface area contributed by atoms with Crippen LogP contribution in [0.5, 0.6) is 0 Å². The molecule has 92 valence electrons. The summed E-state index contributed by atoms with van der Waals surface area (Å²) in [6.45, 7) is 3.62. The normalized spacial score (nSPS) is 12.2. The van der Waals surface area contributed by atoms with E-state index in [2.05, 4.69) is 10.5 Å². The molecule has 1 amide bonds. The van der Waals surface area contributed by atoms with Crippen molar-refractivity contribution in [2.24, 2.45) is 16.3 Å². The Kier molecular flexibility index (Phi) is 4.09. The third kappa shape index (κ3) is 3.21. The van der Waals surface area contributed by atoms with Gasteiger partial charge >= 0.3 is 0 Å². The second kappa shape index (κ2) is 5.34. The van der Waals surface area contributed by atoms with Crippen LogP contribution in [0.15, 0.2) is 35.5 Å². The molecule has 5 heteroatoms. The topological polar surface area (TPSA) is 87.7 Å². The molecule has 0 atom stereocenters. The number of nitrogens with two attached hydrogens (primary N) is 1. The van der Waals surface area contributed by atoms with Gasteiger partial charge in [0.25, 0.3) is 0 Å². The van der Waals surface area contributed by atoms with Crippen molar-refractivity contribution in [3.05, 3.63) is 35.9 Å². The minimum atomic E-state index is -1.02. The summed E-state index contributed by atoms with van der Waals surface area (Å²) in [5.74, 6) is -0.389. The van der Waals surface area contributed by atoms with Crippen molar-refractivity contribution in [2.45, 2.75) is 20.4 Å². The summed E-state index contributed by atoms with van der Waals surface area (Å²) in [4.78, 5) is 11.9. The predicted molar refractivity (Wildman–Crippen MR) is 65.5 cm³/mol. The van der Waals surface area contributed by atoms with E-state index in [0.717, 1.165) is 5.56 Å². The number of rotatable bonds is 4. The fraction of sp³-hybridized carbons (Fsp3) is 0.333. The Morgan fingerprint density at radius 3 is 2.53 bits per heavy atom. The van der Waals surface area contributed by atoms with Crippen LogP contribution >= 0.6 is 0 Å². The van der Waals surface area contributed by atoms with Gasteiger partial charge in [0.15, 0.2) is 5.84 Å². The van der Waals surface area contributed by atoms with E-state index in [1.165, 1.54) is 0 Å². The molecule has 0 saturated heterocycles. The zero-order chi connectivity index (χ0) is 12.9. The zero-order valence-corrected chi connectivity index (χ0v) is 9.97. The molecule has 1 aromatic carbocycles. The average molecular weight is 235 g/mol. The first-order chi connectivity index (χ1) is 7.98. The van der Waals surface area contributed by atoms with Gasteiger partial charge in [-0.25, -0.2) is 0 Å². The average Bonchev–Trinajstić information content (AvgIpc) is 2.35. The first-order valence-corrected chi connectivity index (χ1v) is 5.28. The molecule has 0 aliphatic heterocycles. The Morgan fingerprint density at radius 2 is 2.00 bits per heavy atom. The smallest absolute Gasteiger partial charge is 0.233 e. The molecule has 0 radical (unpaired) electrons. The summed E-state index contributed by atoms with van der Waals surface area (Å²) >= 11 is 0. The third-order valence-corrected chi connectivity index (χ3v) is 2.61. The molecule has 5 nitrogen and oxygen atoms in total. The zero-order valence-electron chi connectivity index (χ0n) is 9.97. The molecule has 4 N–H and O–H groups in total. The van der Waals surface area contributed by atoms with Crippen molar-refractivity contribution in [2.75, 3.05) is 0 Å². The Balaban J connectivity index is 2.62. The van der Waals surface area contributed by atoms with Gasteiger partial charge in [0, 0.05) is 6.54 Å². The van der Waals surface area contributed by atoms with Crippen molar-refractivity contribution in [1.82, 2.24) is 5.32 Å². The fourth-order valence-corrected chi connectivity index (χ4v) is 1.24. The summed E-state index contributed by atoms with van der Waals surface area (Å²) in [6, 6.07) is 9.53. The number of nitrogens with zero attached hydrogens (tertiary/aromatic N) is 1. The molecule has 0 saturated carbocycles. The standard InChI is InChI=1S/C12H17N3O2/c1-12(2,10(13)15-17)11(16)14-8-9-6-4-3-5-7-9/h3-7,17H,8H2,1-2H3,(H2,13,15)(H,14,16). The van der Waals surface area contributed by atoms with Gasteiger partial charge in [-0.15, -0.1) is 0 Å². The van der Waals surface area contributed by atoms with Crippen molar-refractivity contribution >= 4 is 11.7 Å². The van der Waals surface area contributed by atoms with Gasteiger partial charge in [-0.1, -0.05) is 35.5 Å².